The predicted molar refractivity (Wildman–Crippen MR) is 121 cm³/mol. The Labute approximate surface area is 208 Å². The van der Waals surface area contributed by atoms with E-state index in [1.165, 1.54) is 36.2 Å². The smallest absolute Gasteiger partial charge is 0.416 e. The number of nitrogens with one attached hydrogen (secondary N) is 1. The molecule has 1 aromatic heterocycles. The Bertz CT molecular complexity index is 1390. The molecule has 0 unspecified atom stereocenters. The van der Waals surface area contributed by atoms with Crippen LogP contribution in [-0.4, -0.2) is 54.3 Å². The molecule has 198 valence electrons. The molecule has 2 aromatic carbocycles. The minimum absolute atomic E-state index is 0.0687. The van der Waals surface area contributed by atoms with Crippen molar-refractivity contribution < 1.29 is 39.9 Å². The topological polar surface area (TPSA) is 93.5 Å². The third-order valence-corrected chi connectivity index (χ3v) is 7.64. The van der Waals surface area contributed by atoms with Gasteiger partial charge in [-0.3, -0.25) is 4.79 Å². The number of carbonyl (C=O) groups is 1. The van der Waals surface area contributed by atoms with E-state index in [1.807, 2.05) is 0 Å². The Morgan fingerprint density at radius 3 is 2.51 bits per heavy atom. The van der Waals surface area contributed by atoms with Gasteiger partial charge in [0.1, 0.15) is 18.0 Å². The number of amides is 1. The lowest BCUT2D eigenvalue weighted by atomic mass is 10.2. The molecule has 0 bridgehead atoms. The van der Waals surface area contributed by atoms with Crippen molar-refractivity contribution in [3.05, 3.63) is 71.7 Å². The van der Waals surface area contributed by atoms with Crippen LogP contribution in [0.4, 0.5) is 22.0 Å². The minimum atomic E-state index is -4.50. The van der Waals surface area contributed by atoms with Crippen LogP contribution in [0.25, 0.3) is 5.69 Å². The molecular weight excluding hydrogens is 523 g/mol. The van der Waals surface area contributed by atoms with Gasteiger partial charge in [-0.15, -0.1) is 5.10 Å². The van der Waals surface area contributed by atoms with Gasteiger partial charge in [-0.1, -0.05) is 6.07 Å². The molecule has 37 heavy (non-hydrogen) atoms. The maximum atomic E-state index is 14.2. The highest BCUT2D eigenvalue weighted by atomic mass is 32.2. The zero-order chi connectivity index (χ0) is 27.0. The van der Waals surface area contributed by atoms with Crippen molar-refractivity contribution in [1.29, 1.82) is 0 Å². The lowest BCUT2D eigenvalue weighted by molar-refractivity contribution is -0.137. The van der Waals surface area contributed by atoms with Crippen LogP contribution in [0.2, 0.25) is 0 Å². The standard InChI is InChI=1S/C23H21F5N4O4S/c1-36-22-14(12-31(30-22)18-7-5-15(6-8-18)23(26,27)28)11-29-21(33)20-10-17(25)13-32(20)37(34,35)19-4-2-3-16(24)9-19/h2-9,12,17,20H,10-11,13H2,1H3,(H,29,33)/t17-,20+/m1/s1. The lowest BCUT2D eigenvalue weighted by Gasteiger charge is -2.23. The first-order valence-electron chi connectivity index (χ1n) is 10.9. The van der Waals surface area contributed by atoms with Crippen molar-refractivity contribution in [3.63, 3.8) is 0 Å². The van der Waals surface area contributed by atoms with Crippen LogP contribution in [-0.2, 0) is 27.5 Å². The number of nitrogens with zero attached hydrogens (tertiary/aromatic N) is 3. The van der Waals surface area contributed by atoms with Gasteiger partial charge in [0, 0.05) is 25.7 Å². The number of hydrogen-bond acceptors (Lipinski definition) is 5. The molecule has 1 amide bonds. The van der Waals surface area contributed by atoms with E-state index in [0.29, 0.717) is 15.6 Å². The molecule has 1 aliphatic heterocycles. The zero-order valence-electron chi connectivity index (χ0n) is 19.2. The van der Waals surface area contributed by atoms with E-state index in [2.05, 4.69) is 10.4 Å². The monoisotopic (exact) mass is 544 g/mol. The lowest BCUT2D eigenvalue weighted by Crippen LogP contribution is -2.45. The largest absolute Gasteiger partial charge is 0.480 e. The second-order valence-electron chi connectivity index (χ2n) is 8.25. The average molecular weight is 545 g/mol. The summed E-state index contributed by atoms with van der Waals surface area (Å²) in [6.07, 6.45) is -5.06. The van der Waals surface area contributed by atoms with E-state index in [1.54, 1.807) is 0 Å². The van der Waals surface area contributed by atoms with E-state index in [0.717, 1.165) is 30.3 Å². The highest BCUT2D eigenvalue weighted by Gasteiger charge is 2.44. The summed E-state index contributed by atoms with van der Waals surface area (Å²) in [4.78, 5) is 12.5. The summed E-state index contributed by atoms with van der Waals surface area (Å²) < 4.78 is 99.4. The molecule has 3 aromatic rings. The SMILES string of the molecule is COc1nn(-c2ccc(C(F)(F)F)cc2)cc1CNC(=O)[C@@H]1C[C@@H](F)CN1S(=O)(=O)c1cccc(F)c1. The third-order valence-electron chi connectivity index (χ3n) is 5.77. The van der Waals surface area contributed by atoms with Crippen molar-refractivity contribution in [2.24, 2.45) is 0 Å². The molecule has 1 aliphatic rings. The van der Waals surface area contributed by atoms with Crippen molar-refractivity contribution >= 4 is 15.9 Å². The van der Waals surface area contributed by atoms with Gasteiger partial charge >= 0.3 is 6.18 Å². The van der Waals surface area contributed by atoms with Gasteiger partial charge in [-0.05, 0) is 42.5 Å². The number of methoxy groups -OCH3 is 1. The van der Waals surface area contributed by atoms with E-state index in [-0.39, 0.29) is 18.8 Å². The molecule has 8 nitrogen and oxygen atoms in total. The summed E-state index contributed by atoms with van der Waals surface area (Å²) in [6.45, 7) is -0.754. The van der Waals surface area contributed by atoms with Crippen LogP contribution < -0.4 is 10.1 Å². The molecule has 0 aliphatic carbocycles. The number of sulfonamides is 1. The van der Waals surface area contributed by atoms with Gasteiger partial charge in [0.05, 0.1) is 28.8 Å². The Morgan fingerprint density at radius 1 is 1.19 bits per heavy atom. The van der Waals surface area contributed by atoms with Gasteiger partial charge in [-0.25, -0.2) is 21.9 Å². The molecule has 2 heterocycles. The van der Waals surface area contributed by atoms with Crippen LogP contribution in [0.15, 0.2) is 59.6 Å². The quantitative estimate of drug-likeness (QED) is 0.460. The maximum Gasteiger partial charge on any atom is 0.416 e. The molecule has 1 saturated heterocycles. The number of rotatable bonds is 7. The van der Waals surface area contributed by atoms with E-state index >= 15 is 0 Å². The van der Waals surface area contributed by atoms with Crippen molar-refractivity contribution in [3.8, 4) is 11.6 Å². The molecular formula is C23H21F5N4O4S. The Hall–Kier alpha value is -3.52. The summed E-state index contributed by atoms with van der Waals surface area (Å²) >= 11 is 0. The fraction of sp³-hybridized carbons (Fsp3) is 0.304. The second-order valence-corrected chi connectivity index (χ2v) is 10.1. The molecule has 2 atom stereocenters. The maximum absolute atomic E-state index is 14.2. The summed E-state index contributed by atoms with van der Waals surface area (Å²) in [5.41, 5.74) is -0.194. The highest BCUT2D eigenvalue weighted by Crippen LogP contribution is 2.31. The number of hydrogen-bond donors (Lipinski definition) is 1. The summed E-state index contributed by atoms with van der Waals surface area (Å²) in [5.74, 6) is -1.51. The fourth-order valence-electron chi connectivity index (χ4n) is 3.95. The van der Waals surface area contributed by atoms with Crippen LogP contribution in [0.3, 0.4) is 0 Å². The normalized spacial score (nSPS) is 18.6. The third kappa shape index (κ3) is 5.59. The second kappa shape index (κ2) is 10.1. The van der Waals surface area contributed by atoms with Crippen molar-refractivity contribution in [2.75, 3.05) is 13.7 Å². The van der Waals surface area contributed by atoms with Crippen LogP contribution >= 0.6 is 0 Å². The zero-order valence-corrected chi connectivity index (χ0v) is 20.1. The number of halogens is 5. The van der Waals surface area contributed by atoms with Gasteiger partial charge < -0.3 is 10.1 Å². The number of carbonyl (C=O) groups excluding carboxylic acids is 1. The summed E-state index contributed by atoms with van der Waals surface area (Å²) in [5, 5.41) is 6.67. The molecule has 4 rings (SSSR count). The molecule has 0 spiro atoms. The highest BCUT2D eigenvalue weighted by molar-refractivity contribution is 7.89. The predicted octanol–water partition coefficient (Wildman–Crippen LogP) is 3.46. The number of ether oxygens (including phenoxy) is 1. The van der Waals surface area contributed by atoms with Gasteiger partial charge in [0.25, 0.3) is 0 Å². The summed E-state index contributed by atoms with van der Waals surface area (Å²) in [6, 6.07) is 7.04. The van der Waals surface area contributed by atoms with Gasteiger partial charge in [0.2, 0.25) is 21.8 Å². The summed E-state index contributed by atoms with van der Waals surface area (Å²) in [7, 11) is -3.05. The molecule has 1 N–H and O–H groups in total. The number of benzene rings is 2. The van der Waals surface area contributed by atoms with Crippen LogP contribution in [0.5, 0.6) is 5.88 Å². The Balaban J connectivity index is 1.50. The molecule has 14 heteroatoms. The van der Waals surface area contributed by atoms with Crippen molar-refractivity contribution in [1.82, 2.24) is 19.4 Å². The molecule has 0 radical (unpaired) electrons. The average Bonchev–Trinajstić information content (AvgIpc) is 3.46. The fourth-order valence-corrected chi connectivity index (χ4v) is 5.60. The van der Waals surface area contributed by atoms with Gasteiger partial charge in [0.15, 0.2) is 0 Å². The van der Waals surface area contributed by atoms with Crippen LogP contribution in [0.1, 0.15) is 17.5 Å². The number of alkyl halides is 4. The van der Waals surface area contributed by atoms with Crippen LogP contribution in [0, 0.1) is 5.82 Å². The van der Waals surface area contributed by atoms with E-state index in [4.69, 9.17) is 4.74 Å². The van der Waals surface area contributed by atoms with Crippen molar-refractivity contribution in [2.45, 2.75) is 36.3 Å². The Kier molecular flexibility index (Phi) is 7.24. The minimum Gasteiger partial charge on any atom is -0.480 e. The van der Waals surface area contributed by atoms with E-state index < -0.39 is 57.1 Å². The first-order chi connectivity index (χ1) is 17.4. The molecule has 1 fully saturated rings. The van der Waals surface area contributed by atoms with E-state index in [9.17, 15) is 35.2 Å². The first-order valence-corrected chi connectivity index (χ1v) is 12.3. The molecule has 0 saturated carbocycles. The first kappa shape index (κ1) is 26.5. The Morgan fingerprint density at radius 2 is 1.89 bits per heavy atom. The van der Waals surface area contributed by atoms with Gasteiger partial charge in [-0.2, -0.15) is 17.5 Å². The number of aromatic nitrogens is 2.